The Morgan fingerprint density at radius 2 is 2.37 bits per heavy atom. The van der Waals surface area contributed by atoms with E-state index < -0.39 is 17.8 Å². The normalized spacial score (nSPS) is 11.4. The minimum Gasteiger partial charge on any atom is -0.480 e. The van der Waals surface area contributed by atoms with Crippen LogP contribution in [-0.2, 0) is 15.3 Å². The van der Waals surface area contributed by atoms with E-state index in [0.717, 1.165) is 0 Å². The number of thioether (sulfide) groups is 1. The van der Waals surface area contributed by atoms with Gasteiger partial charge in [0.25, 0.3) is 0 Å². The number of amides is 1. The molecule has 19 heavy (non-hydrogen) atoms. The number of halogens is 1. The summed E-state index contributed by atoms with van der Waals surface area (Å²) < 4.78 is 13.0. The number of benzene rings is 1. The molecular weight excluding hydrogens is 271 g/mol. The number of hydrogen-bond donors (Lipinski definition) is 2. The van der Waals surface area contributed by atoms with Crippen LogP contribution in [0.2, 0.25) is 0 Å². The molecule has 0 aromatic heterocycles. The molecule has 1 atom stereocenters. The summed E-state index contributed by atoms with van der Waals surface area (Å²) in [5.41, 5.74) is 0.854. The van der Waals surface area contributed by atoms with Crippen molar-refractivity contribution < 1.29 is 19.1 Å². The molecule has 1 rings (SSSR count). The van der Waals surface area contributed by atoms with E-state index in [1.165, 1.54) is 30.0 Å². The van der Waals surface area contributed by atoms with Crippen LogP contribution in [-0.4, -0.2) is 29.3 Å². The van der Waals surface area contributed by atoms with Crippen LogP contribution in [0.1, 0.15) is 11.1 Å². The van der Waals surface area contributed by atoms with E-state index in [-0.39, 0.29) is 5.75 Å². The molecule has 1 amide bonds. The Kier molecular flexibility index (Phi) is 5.82. The van der Waals surface area contributed by atoms with Crippen LogP contribution >= 0.6 is 11.8 Å². The number of aliphatic carboxylic acids is 1. The Balaban J connectivity index is 2.62. The number of nitrogens with one attached hydrogen (secondary N) is 1. The molecule has 0 saturated heterocycles. The first-order chi connectivity index (χ1) is 9.08. The number of nitrogens with zero attached hydrogens (tertiary/aromatic N) is 1. The third-order valence-electron chi connectivity index (χ3n) is 2.30. The summed E-state index contributed by atoms with van der Waals surface area (Å²) in [4.78, 5) is 21.0. The Morgan fingerprint density at radius 3 is 2.95 bits per heavy atom. The van der Waals surface area contributed by atoms with E-state index in [2.05, 4.69) is 5.32 Å². The highest BCUT2D eigenvalue weighted by Gasteiger charge is 2.16. The Morgan fingerprint density at radius 1 is 1.63 bits per heavy atom. The summed E-state index contributed by atoms with van der Waals surface area (Å²) in [5, 5.41) is 19.8. The molecule has 1 aromatic carbocycles. The predicted octanol–water partition coefficient (Wildman–Crippen LogP) is 1.13. The maximum atomic E-state index is 13.0. The molecule has 0 spiro atoms. The largest absolute Gasteiger partial charge is 0.480 e. The zero-order chi connectivity index (χ0) is 14.3. The van der Waals surface area contributed by atoms with Crippen LogP contribution in [0.15, 0.2) is 18.2 Å². The molecule has 1 aromatic rings. The van der Waals surface area contributed by atoms with Gasteiger partial charge in [0.05, 0.1) is 11.6 Å². The van der Waals surface area contributed by atoms with Gasteiger partial charge in [0.2, 0.25) is 6.41 Å². The molecule has 0 aliphatic heterocycles. The number of nitriles is 1. The van der Waals surface area contributed by atoms with Crippen molar-refractivity contribution in [1.82, 2.24) is 5.32 Å². The molecule has 0 radical (unpaired) electrons. The van der Waals surface area contributed by atoms with Gasteiger partial charge in [-0.15, -0.1) is 0 Å². The molecule has 0 saturated carbocycles. The van der Waals surface area contributed by atoms with Crippen LogP contribution in [0, 0.1) is 17.1 Å². The third kappa shape index (κ3) is 4.60. The first kappa shape index (κ1) is 15.0. The van der Waals surface area contributed by atoms with Crippen molar-refractivity contribution in [3.63, 3.8) is 0 Å². The highest BCUT2D eigenvalue weighted by atomic mass is 32.2. The van der Waals surface area contributed by atoms with Crippen molar-refractivity contribution in [3.8, 4) is 6.07 Å². The fraction of sp³-hybridized carbons (Fsp3) is 0.250. The molecular formula is C12H11FN2O3S. The molecule has 1 unspecified atom stereocenters. The van der Waals surface area contributed by atoms with Gasteiger partial charge in [-0.05, 0) is 23.8 Å². The van der Waals surface area contributed by atoms with Gasteiger partial charge in [-0.1, -0.05) is 0 Å². The Hall–Kier alpha value is -2.07. The van der Waals surface area contributed by atoms with Gasteiger partial charge in [-0.3, -0.25) is 4.79 Å². The lowest BCUT2D eigenvalue weighted by Crippen LogP contribution is -2.37. The maximum Gasteiger partial charge on any atom is 0.327 e. The van der Waals surface area contributed by atoms with Crippen LogP contribution in [0.3, 0.4) is 0 Å². The van der Waals surface area contributed by atoms with Gasteiger partial charge in [0, 0.05) is 11.5 Å². The summed E-state index contributed by atoms with van der Waals surface area (Å²) in [7, 11) is 0. The van der Waals surface area contributed by atoms with E-state index in [0.29, 0.717) is 23.3 Å². The van der Waals surface area contributed by atoms with E-state index in [9.17, 15) is 14.0 Å². The number of hydrogen-bond acceptors (Lipinski definition) is 4. The summed E-state index contributed by atoms with van der Waals surface area (Å²) in [6, 6.07) is 4.76. The zero-order valence-corrected chi connectivity index (χ0v) is 10.6. The number of carbonyl (C=O) groups is 2. The lowest BCUT2D eigenvalue weighted by molar-refractivity contribution is -0.139. The van der Waals surface area contributed by atoms with Gasteiger partial charge >= 0.3 is 5.97 Å². The highest BCUT2D eigenvalue weighted by molar-refractivity contribution is 7.98. The Bertz CT molecular complexity index is 516. The van der Waals surface area contributed by atoms with Gasteiger partial charge < -0.3 is 10.4 Å². The van der Waals surface area contributed by atoms with E-state index in [4.69, 9.17) is 10.4 Å². The monoisotopic (exact) mass is 282 g/mol. The minimum atomic E-state index is -1.14. The second-order valence-corrected chi connectivity index (χ2v) is 4.63. The first-order valence-electron chi connectivity index (χ1n) is 5.27. The predicted molar refractivity (Wildman–Crippen MR) is 67.9 cm³/mol. The lowest BCUT2D eigenvalue weighted by atomic mass is 10.1. The van der Waals surface area contributed by atoms with Crippen molar-refractivity contribution in [2.24, 2.45) is 0 Å². The fourth-order valence-corrected chi connectivity index (χ4v) is 2.40. The average Bonchev–Trinajstić information content (AvgIpc) is 2.38. The summed E-state index contributed by atoms with van der Waals surface area (Å²) in [5.74, 6) is -1.16. The number of carbonyl (C=O) groups excluding carboxylic acids is 1. The van der Waals surface area contributed by atoms with E-state index in [1.54, 1.807) is 0 Å². The summed E-state index contributed by atoms with van der Waals surface area (Å²) in [6.45, 7) is 0. The fourth-order valence-electron chi connectivity index (χ4n) is 1.35. The van der Waals surface area contributed by atoms with E-state index in [1.807, 2.05) is 6.07 Å². The molecule has 5 nitrogen and oxygen atoms in total. The third-order valence-corrected chi connectivity index (χ3v) is 3.38. The van der Waals surface area contributed by atoms with Crippen LogP contribution in [0.25, 0.3) is 0 Å². The van der Waals surface area contributed by atoms with Crippen molar-refractivity contribution in [2.45, 2.75) is 11.8 Å². The smallest absolute Gasteiger partial charge is 0.327 e. The topological polar surface area (TPSA) is 90.2 Å². The van der Waals surface area contributed by atoms with Gasteiger partial charge in [-0.2, -0.15) is 17.0 Å². The molecule has 100 valence electrons. The second-order valence-electron chi connectivity index (χ2n) is 3.60. The molecule has 0 fully saturated rings. The molecule has 2 N–H and O–H groups in total. The molecule has 7 heteroatoms. The maximum absolute atomic E-state index is 13.0. The number of carboxylic acids is 1. The quantitative estimate of drug-likeness (QED) is 0.732. The first-order valence-corrected chi connectivity index (χ1v) is 6.42. The summed E-state index contributed by atoms with van der Waals surface area (Å²) in [6.07, 6.45) is 0.322. The standard InChI is InChI=1S/C12H11FN2O3S/c13-10-2-1-8(4-14)9(3-10)5-19-6-11(12(17)18)15-7-16/h1-3,7,11H,5-6H2,(H,15,16)(H,17,18). The molecule has 0 aliphatic rings. The molecule has 0 bridgehead atoms. The van der Waals surface area contributed by atoms with Crippen molar-refractivity contribution in [1.29, 1.82) is 5.26 Å². The number of rotatable bonds is 7. The minimum absolute atomic E-state index is 0.134. The molecule has 0 aliphatic carbocycles. The van der Waals surface area contributed by atoms with E-state index >= 15 is 0 Å². The SMILES string of the molecule is N#Cc1ccc(F)cc1CSCC(NC=O)C(=O)O. The highest BCUT2D eigenvalue weighted by Crippen LogP contribution is 2.18. The van der Waals surface area contributed by atoms with Gasteiger partial charge in [-0.25, -0.2) is 9.18 Å². The molecule has 0 heterocycles. The van der Waals surface area contributed by atoms with Crippen LogP contribution in [0.5, 0.6) is 0 Å². The summed E-state index contributed by atoms with van der Waals surface area (Å²) >= 11 is 1.20. The lowest BCUT2D eigenvalue weighted by Gasteiger charge is -2.11. The average molecular weight is 282 g/mol. The van der Waals surface area contributed by atoms with Crippen LogP contribution < -0.4 is 5.32 Å². The second kappa shape index (κ2) is 7.38. The van der Waals surface area contributed by atoms with Crippen molar-refractivity contribution >= 4 is 24.1 Å². The number of carboxylic acid groups (broad SMARTS) is 1. The van der Waals surface area contributed by atoms with Crippen LogP contribution in [0.4, 0.5) is 4.39 Å². The zero-order valence-electron chi connectivity index (χ0n) is 9.80. The van der Waals surface area contributed by atoms with Gasteiger partial charge in [0.15, 0.2) is 0 Å². The van der Waals surface area contributed by atoms with Gasteiger partial charge in [0.1, 0.15) is 11.9 Å². The van der Waals surface area contributed by atoms with Crippen molar-refractivity contribution in [3.05, 3.63) is 35.1 Å². The Labute approximate surface area is 113 Å². The van der Waals surface area contributed by atoms with Crippen molar-refractivity contribution in [2.75, 3.05) is 5.75 Å².